The van der Waals surface area contributed by atoms with E-state index >= 15 is 0 Å². The van der Waals surface area contributed by atoms with E-state index in [1.54, 1.807) is 11.1 Å². The van der Waals surface area contributed by atoms with Crippen molar-refractivity contribution < 1.29 is 0 Å². The monoisotopic (exact) mass is 276 g/mol. The summed E-state index contributed by atoms with van der Waals surface area (Å²) in [6, 6.07) is 0. The molecule has 2 rings (SSSR count). The summed E-state index contributed by atoms with van der Waals surface area (Å²) in [7, 11) is 0. The molecule has 0 saturated heterocycles. The van der Waals surface area contributed by atoms with Gasteiger partial charge in [0.25, 0.3) is 0 Å². The van der Waals surface area contributed by atoms with E-state index in [1.165, 1.54) is 38.5 Å². The molecule has 0 saturated carbocycles. The molecule has 2 aliphatic carbocycles. The Morgan fingerprint density at radius 1 is 0.750 bits per heavy atom. The van der Waals surface area contributed by atoms with Crippen LogP contribution in [-0.2, 0) is 0 Å². The van der Waals surface area contributed by atoms with E-state index in [2.05, 4.69) is 53.7 Å². The molecule has 0 aromatic rings. The van der Waals surface area contributed by atoms with Gasteiger partial charge in [-0.2, -0.15) is 0 Å². The van der Waals surface area contributed by atoms with E-state index in [1.807, 2.05) is 0 Å². The lowest BCUT2D eigenvalue weighted by atomic mass is 9.83. The van der Waals surface area contributed by atoms with Crippen molar-refractivity contribution in [1.82, 2.24) is 0 Å². The van der Waals surface area contributed by atoms with Crippen LogP contribution in [0.1, 0.15) is 80.1 Å². The summed E-state index contributed by atoms with van der Waals surface area (Å²) in [5.41, 5.74) is 3.19. The van der Waals surface area contributed by atoms with Gasteiger partial charge >= 0.3 is 0 Å². The van der Waals surface area contributed by atoms with Gasteiger partial charge in [-0.25, -0.2) is 0 Å². The average Bonchev–Trinajstić information content (AvgIpc) is 2.40. The first kappa shape index (κ1) is 17.5. The minimum atomic E-state index is 0.879. The van der Waals surface area contributed by atoms with Crippen LogP contribution in [-0.4, -0.2) is 0 Å². The molecule has 0 N–H and O–H groups in total. The Bertz CT molecular complexity index is 296. The predicted molar refractivity (Wildman–Crippen MR) is 91.9 cm³/mol. The van der Waals surface area contributed by atoms with E-state index in [0.29, 0.717) is 0 Å². The molecule has 0 bridgehead atoms. The summed E-state index contributed by atoms with van der Waals surface area (Å²) in [5, 5.41) is 0. The summed E-state index contributed by atoms with van der Waals surface area (Å²) in [6.45, 7) is 13.8. The largest absolute Gasteiger partial charge is 0.0853 e. The summed E-state index contributed by atoms with van der Waals surface area (Å²) in [4.78, 5) is 0. The molecule has 0 spiro atoms. The second-order valence-corrected chi connectivity index (χ2v) is 7.66. The topological polar surface area (TPSA) is 0 Å². The third-order valence-electron chi connectivity index (χ3n) is 5.24. The molecule has 0 heteroatoms. The fraction of sp³-hybridized carbons (Fsp3) is 0.800. The first-order valence-corrected chi connectivity index (χ1v) is 8.71. The third kappa shape index (κ3) is 6.29. The van der Waals surface area contributed by atoms with Gasteiger partial charge in [0.05, 0.1) is 0 Å². The maximum absolute atomic E-state index is 2.41. The second kappa shape index (κ2) is 8.70. The molecular weight excluding hydrogens is 240 g/mol. The van der Waals surface area contributed by atoms with Gasteiger partial charge in [-0.15, -0.1) is 0 Å². The minimum absolute atomic E-state index is 0.879. The smallest absolute Gasteiger partial charge is 0.0317 e. The Labute approximate surface area is 127 Å². The molecule has 2 unspecified atom stereocenters. The van der Waals surface area contributed by atoms with E-state index in [0.717, 1.165) is 23.7 Å². The molecular formula is C20H36. The predicted octanol–water partition coefficient (Wildman–Crippen LogP) is 6.78. The highest BCUT2D eigenvalue weighted by molar-refractivity contribution is 5.03. The molecule has 0 nitrogen and oxygen atoms in total. The Kier molecular flexibility index (Phi) is 7.62. The van der Waals surface area contributed by atoms with Gasteiger partial charge in [0.2, 0.25) is 0 Å². The first-order valence-electron chi connectivity index (χ1n) is 8.71. The van der Waals surface area contributed by atoms with Crippen molar-refractivity contribution in [2.45, 2.75) is 80.1 Å². The van der Waals surface area contributed by atoms with E-state index in [9.17, 15) is 0 Å². The first-order chi connectivity index (χ1) is 9.40. The van der Waals surface area contributed by atoms with E-state index in [-0.39, 0.29) is 0 Å². The molecule has 0 heterocycles. The summed E-state index contributed by atoms with van der Waals surface area (Å²) < 4.78 is 0. The van der Waals surface area contributed by atoms with Crippen molar-refractivity contribution >= 4 is 0 Å². The molecule has 2 aliphatic rings. The van der Waals surface area contributed by atoms with Crippen LogP contribution in [0.5, 0.6) is 0 Å². The molecule has 116 valence electrons. The SMILES string of the molecule is CC1=CCC(C(C)C)CC1.CC1=CCC(C(C)C)CC1. The molecule has 2 atom stereocenters. The van der Waals surface area contributed by atoms with Gasteiger partial charge < -0.3 is 0 Å². The van der Waals surface area contributed by atoms with Crippen LogP contribution in [0.4, 0.5) is 0 Å². The van der Waals surface area contributed by atoms with Gasteiger partial charge in [-0.05, 0) is 76.0 Å². The third-order valence-corrected chi connectivity index (χ3v) is 5.24. The number of allylic oxidation sites excluding steroid dienone is 4. The Balaban J connectivity index is 0.000000200. The van der Waals surface area contributed by atoms with Gasteiger partial charge in [-0.3, -0.25) is 0 Å². The quantitative estimate of drug-likeness (QED) is 0.488. The van der Waals surface area contributed by atoms with Crippen LogP contribution in [0.3, 0.4) is 0 Å². The number of rotatable bonds is 2. The molecule has 0 radical (unpaired) electrons. The normalized spacial score (nSPS) is 26.8. The Morgan fingerprint density at radius 2 is 1.10 bits per heavy atom. The molecule has 0 aliphatic heterocycles. The standard InChI is InChI=1S/2C10H18/c2*1-8(2)10-6-4-9(3)5-7-10/h2*4,8,10H,5-7H2,1-3H3. The van der Waals surface area contributed by atoms with Crippen molar-refractivity contribution in [2.75, 3.05) is 0 Å². The molecule has 0 amide bonds. The second-order valence-electron chi connectivity index (χ2n) is 7.66. The fourth-order valence-electron chi connectivity index (χ4n) is 3.18. The van der Waals surface area contributed by atoms with E-state index in [4.69, 9.17) is 0 Å². The molecule has 0 fully saturated rings. The van der Waals surface area contributed by atoms with Crippen molar-refractivity contribution in [1.29, 1.82) is 0 Å². The summed E-state index contributed by atoms with van der Waals surface area (Å²) in [6.07, 6.45) is 13.0. The van der Waals surface area contributed by atoms with Gasteiger partial charge in [0.15, 0.2) is 0 Å². The zero-order valence-corrected chi connectivity index (χ0v) is 14.7. The summed E-state index contributed by atoms with van der Waals surface area (Å²) >= 11 is 0. The van der Waals surface area contributed by atoms with Crippen LogP contribution in [0.15, 0.2) is 23.3 Å². The zero-order chi connectivity index (χ0) is 15.1. The molecule has 0 aromatic carbocycles. The Hall–Kier alpha value is -0.520. The van der Waals surface area contributed by atoms with Crippen LogP contribution >= 0.6 is 0 Å². The fourth-order valence-corrected chi connectivity index (χ4v) is 3.18. The molecule has 20 heavy (non-hydrogen) atoms. The minimum Gasteiger partial charge on any atom is -0.0853 e. The van der Waals surface area contributed by atoms with Crippen molar-refractivity contribution in [3.8, 4) is 0 Å². The molecule has 0 aromatic heterocycles. The Morgan fingerprint density at radius 3 is 1.30 bits per heavy atom. The highest BCUT2D eigenvalue weighted by Crippen LogP contribution is 2.29. The van der Waals surface area contributed by atoms with E-state index < -0.39 is 0 Å². The zero-order valence-electron chi connectivity index (χ0n) is 14.7. The maximum atomic E-state index is 2.41. The number of hydrogen-bond donors (Lipinski definition) is 0. The number of hydrogen-bond acceptors (Lipinski definition) is 0. The van der Waals surface area contributed by atoms with Gasteiger partial charge in [0.1, 0.15) is 0 Å². The van der Waals surface area contributed by atoms with Crippen molar-refractivity contribution in [3.63, 3.8) is 0 Å². The summed E-state index contributed by atoms with van der Waals surface area (Å²) in [5.74, 6) is 3.68. The van der Waals surface area contributed by atoms with Crippen molar-refractivity contribution in [3.05, 3.63) is 23.3 Å². The maximum Gasteiger partial charge on any atom is -0.0317 e. The van der Waals surface area contributed by atoms with Crippen LogP contribution < -0.4 is 0 Å². The van der Waals surface area contributed by atoms with Gasteiger partial charge in [0, 0.05) is 0 Å². The highest BCUT2D eigenvalue weighted by atomic mass is 14.2. The lowest BCUT2D eigenvalue weighted by Gasteiger charge is -2.23. The average molecular weight is 277 g/mol. The van der Waals surface area contributed by atoms with Crippen LogP contribution in [0.2, 0.25) is 0 Å². The highest BCUT2D eigenvalue weighted by Gasteiger charge is 2.15. The van der Waals surface area contributed by atoms with Crippen LogP contribution in [0, 0.1) is 23.7 Å². The van der Waals surface area contributed by atoms with Crippen molar-refractivity contribution in [2.24, 2.45) is 23.7 Å². The van der Waals surface area contributed by atoms with Crippen LogP contribution in [0.25, 0.3) is 0 Å². The lowest BCUT2D eigenvalue weighted by Crippen LogP contribution is -2.10. The van der Waals surface area contributed by atoms with Gasteiger partial charge in [-0.1, -0.05) is 51.0 Å². The lowest BCUT2D eigenvalue weighted by molar-refractivity contribution is 0.350.